The van der Waals surface area contributed by atoms with Crippen molar-refractivity contribution in [1.29, 1.82) is 0 Å². The van der Waals surface area contributed by atoms with Crippen LogP contribution in [0.15, 0.2) is 30.5 Å². The lowest BCUT2D eigenvalue weighted by molar-refractivity contribution is -0.142. The molecule has 0 spiro atoms. The van der Waals surface area contributed by atoms with Crippen LogP contribution in [0.5, 0.6) is 0 Å². The van der Waals surface area contributed by atoms with Gasteiger partial charge in [0, 0.05) is 29.6 Å². The van der Waals surface area contributed by atoms with Crippen molar-refractivity contribution in [2.24, 2.45) is 0 Å². The zero-order valence-corrected chi connectivity index (χ0v) is 7.91. The Balaban J connectivity index is 2.29. The van der Waals surface area contributed by atoms with Crippen LogP contribution in [0, 0.1) is 0 Å². The molecule has 0 radical (unpaired) electrons. The first kappa shape index (κ1) is 8.81. The smallest absolute Gasteiger partial charge is 0.302 e. The van der Waals surface area contributed by atoms with E-state index in [-0.39, 0.29) is 5.97 Å². The lowest BCUT2D eigenvalue weighted by Gasteiger charge is -1.99. The van der Waals surface area contributed by atoms with E-state index >= 15 is 0 Å². The van der Waals surface area contributed by atoms with Crippen molar-refractivity contribution >= 4 is 16.9 Å². The molecule has 0 fully saturated rings. The maximum atomic E-state index is 10.6. The minimum atomic E-state index is -0.254. The second kappa shape index (κ2) is 3.54. The van der Waals surface area contributed by atoms with Gasteiger partial charge in [-0.15, -0.1) is 0 Å². The summed E-state index contributed by atoms with van der Waals surface area (Å²) in [5.74, 6) is -0.254. The number of hydrogen-bond acceptors (Lipinski definition) is 2. The molecule has 0 aliphatic carbocycles. The molecule has 0 saturated carbocycles. The molecule has 14 heavy (non-hydrogen) atoms. The molecule has 0 aliphatic rings. The number of benzene rings is 1. The Bertz CT molecular complexity index is 459. The molecule has 72 valence electrons. The fourth-order valence-corrected chi connectivity index (χ4v) is 1.43. The number of para-hydroxylation sites is 1. The van der Waals surface area contributed by atoms with Gasteiger partial charge in [0.15, 0.2) is 0 Å². The highest BCUT2D eigenvalue weighted by Gasteiger charge is 2.03. The van der Waals surface area contributed by atoms with Crippen molar-refractivity contribution in [2.75, 3.05) is 0 Å². The summed E-state index contributed by atoms with van der Waals surface area (Å²) in [6.45, 7) is 1.74. The van der Waals surface area contributed by atoms with Crippen molar-refractivity contribution < 1.29 is 9.53 Å². The monoisotopic (exact) mass is 189 g/mol. The Morgan fingerprint density at radius 2 is 2.21 bits per heavy atom. The van der Waals surface area contributed by atoms with Crippen LogP contribution in [0.2, 0.25) is 0 Å². The number of esters is 1. The van der Waals surface area contributed by atoms with Crippen LogP contribution >= 0.6 is 0 Å². The number of nitrogens with one attached hydrogen (secondary N) is 1. The van der Waals surface area contributed by atoms with E-state index in [2.05, 4.69) is 4.98 Å². The fraction of sp³-hybridized carbons (Fsp3) is 0.182. The largest absolute Gasteiger partial charge is 0.461 e. The van der Waals surface area contributed by atoms with Crippen LogP contribution in [-0.2, 0) is 16.1 Å². The maximum Gasteiger partial charge on any atom is 0.302 e. The number of H-pyrrole nitrogens is 1. The van der Waals surface area contributed by atoms with E-state index in [1.807, 2.05) is 30.5 Å². The van der Waals surface area contributed by atoms with Crippen molar-refractivity contribution in [3.8, 4) is 0 Å². The van der Waals surface area contributed by atoms with Gasteiger partial charge in [0.05, 0.1) is 0 Å². The van der Waals surface area contributed by atoms with Gasteiger partial charge < -0.3 is 9.72 Å². The Morgan fingerprint density at radius 1 is 1.43 bits per heavy atom. The standard InChI is InChI=1S/C11H11NO2/c1-8(13)14-7-9-6-12-11-5-3-2-4-10(9)11/h2-6,12H,7H2,1H3. The van der Waals surface area contributed by atoms with E-state index in [9.17, 15) is 4.79 Å². The highest BCUT2D eigenvalue weighted by Crippen LogP contribution is 2.18. The molecule has 0 saturated heterocycles. The van der Waals surface area contributed by atoms with Crippen LogP contribution < -0.4 is 0 Å². The lowest BCUT2D eigenvalue weighted by Crippen LogP contribution is -1.97. The summed E-state index contributed by atoms with van der Waals surface area (Å²) in [7, 11) is 0. The lowest BCUT2D eigenvalue weighted by atomic mass is 10.2. The quantitative estimate of drug-likeness (QED) is 0.736. The summed E-state index contributed by atoms with van der Waals surface area (Å²) in [5, 5.41) is 1.11. The normalized spacial score (nSPS) is 10.4. The number of fused-ring (bicyclic) bond motifs is 1. The molecule has 1 heterocycles. The second-order valence-electron chi connectivity index (χ2n) is 3.14. The van der Waals surface area contributed by atoms with Gasteiger partial charge in [0.2, 0.25) is 0 Å². The van der Waals surface area contributed by atoms with E-state index in [1.165, 1.54) is 6.92 Å². The van der Waals surface area contributed by atoms with Crippen LogP contribution in [0.4, 0.5) is 0 Å². The van der Waals surface area contributed by atoms with E-state index in [0.29, 0.717) is 6.61 Å². The van der Waals surface area contributed by atoms with Gasteiger partial charge >= 0.3 is 5.97 Å². The highest BCUT2D eigenvalue weighted by atomic mass is 16.5. The SMILES string of the molecule is CC(=O)OCc1c[nH]c2ccccc12. The first-order valence-corrected chi connectivity index (χ1v) is 4.46. The number of aromatic amines is 1. The fourth-order valence-electron chi connectivity index (χ4n) is 1.43. The third kappa shape index (κ3) is 1.62. The van der Waals surface area contributed by atoms with E-state index in [4.69, 9.17) is 4.74 Å². The molecular weight excluding hydrogens is 178 g/mol. The van der Waals surface area contributed by atoms with Crippen molar-refractivity contribution in [2.45, 2.75) is 13.5 Å². The number of carbonyl (C=O) groups excluding carboxylic acids is 1. The summed E-state index contributed by atoms with van der Waals surface area (Å²) in [6.07, 6.45) is 1.87. The zero-order valence-electron chi connectivity index (χ0n) is 7.91. The third-order valence-corrected chi connectivity index (χ3v) is 2.11. The topological polar surface area (TPSA) is 42.1 Å². The van der Waals surface area contributed by atoms with Gasteiger partial charge in [-0.1, -0.05) is 18.2 Å². The number of hydrogen-bond donors (Lipinski definition) is 1. The summed E-state index contributed by atoms with van der Waals surface area (Å²) in [6, 6.07) is 7.93. The first-order chi connectivity index (χ1) is 6.77. The summed E-state index contributed by atoms with van der Waals surface area (Å²) in [5.41, 5.74) is 2.07. The molecule has 2 rings (SSSR count). The molecule has 0 bridgehead atoms. The van der Waals surface area contributed by atoms with Gasteiger partial charge in [-0.05, 0) is 6.07 Å². The van der Waals surface area contributed by atoms with E-state index in [1.54, 1.807) is 0 Å². The van der Waals surface area contributed by atoms with E-state index < -0.39 is 0 Å². The van der Waals surface area contributed by atoms with Crippen molar-refractivity contribution in [3.63, 3.8) is 0 Å². The van der Waals surface area contributed by atoms with Crippen LogP contribution in [0.1, 0.15) is 12.5 Å². The molecule has 1 aromatic heterocycles. The molecule has 0 atom stereocenters. The first-order valence-electron chi connectivity index (χ1n) is 4.46. The summed E-state index contributed by atoms with van der Waals surface area (Å²) < 4.78 is 4.94. The molecule has 3 nitrogen and oxygen atoms in total. The molecular formula is C11H11NO2. The maximum absolute atomic E-state index is 10.6. The number of carbonyl (C=O) groups is 1. The van der Waals surface area contributed by atoms with Crippen LogP contribution in [0.3, 0.4) is 0 Å². The van der Waals surface area contributed by atoms with Crippen molar-refractivity contribution in [1.82, 2.24) is 4.98 Å². The van der Waals surface area contributed by atoms with Gasteiger partial charge in [-0.3, -0.25) is 4.79 Å². The van der Waals surface area contributed by atoms with Gasteiger partial charge in [-0.25, -0.2) is 0 Å². The molecule has 1 aromatic carbocycles. The van der Waals surface area contributed by atoms with Crippen LogP contribution in [-0.4, -0.2) is 11.0 Å². The Morgan fingerprint density at radius 3 is 3.00 bits per heavy atom. The number of rotatable bonds is 2. The predicted molar refractivity (Wildman–Crippen MR) is 53.8 cm³/mol. The average molecular weight is 189 g/mol. The second-order valence-corrected chi connectivity index (χ2v) is 3.14. The molecule has 2 aromatic rings. The molecule has 3 heteroatoms. The highest BCUT2D eigenvalue weighted by molar-refractivity contribution is 5.83. The van der Waals surface area contributed by atoms with Crippen LogP contribution in [0.25, 0.3) is 10.9 Å². The third-order valence-electron chi connectivity index (χ3n) is 2.11. The Labute approximate surface area is 81.7 Å². The van der Waals surface area contributed by atoms with Gasteiger partial charge in [0.25, 0.3) is 0 Å². The number of aromatic nitrogens is 1. The zero-order chi connectivity index (χ0) is 9.97. The van der Waals surface area contributed by atoms with E-state index in [0.717, 1.165) is 16.5 Å². The molecule has 0 unspecified atom stereocenters. The predicted octanol–water partition coefficient (Wildman–Crippen LogP) is 2.23. The average Bonchev–Trinajstić information content (AvgIpc) is 2.58. The minimum absolute atomic E-state index is 0.254. The molecule has 0 aliphatic heterocycles. The number of ether oxygens (including phenoxy) is 1. The van der Waals surface area contributed by atoms with Crippen molar-refractivity contribution in [3.05, 3.63) is 36.0 Å². The summed E-state index contributed by atoms with van der Waals surface area (Å²) in [4.78, 5) is 13.8. The Hall–Kier alpha value is -1.77. The van der Waals surface area contributed by atoms with Gasteiger partial charge in [0.1, 0.15) is 6.61 Å². The molecule has 1 N–H and O–H groups in total. The molecule has 0 amide bonds. The minimum Gasteiger partial charge on any atom is -0.461 e. The van der Waals surface area contributed by atoms with Gasteiger partial charge in [-0.2, -0.15) is 0 Å². The summed E-state index contributed by atoms with van der Waals surface area (Å²) >= 11 is 0. The Kier molecular flexibility index (Phi) is 2.23.